The van der Waals surface area contributed by atoms with Crippen LogP contribution in [0.15, 0.2) is 0 Å². The Labute approximate surface area is 91.8 Å². The molecule has 0 aromatic rings. The zero-order chi connectivity index (χ0) is 12.1. The molecule has 0 amide bonds. The standard InChI is InChI=1S/C10H21O4P/c1-6-13-10(11)9(4)7-15(5,12)14-8(2)3/h8-9H,6-7H2,1-5H3/t9-,15?/m1/s1. The Hall–Kier alpha value is -0.340. The molecule has 0 aromatic carbocycles. The van der Waals surface area contributed by atoms with Gasteiger partial charge in [0.2, 0.25) is 7.37 Å². The van der Waals surface area contributed by atoms with Crippen molar-refractivity contribution in [3.05, 3.63) is 0 Å². The van der Waals surface area contributed by atoms with Gasteiger partial charge in [-0.1, -0.05) is 6.92 Å². The Morgan fingerprint density at radius 3 is 2.27 bits per heavy atom. The monoisotopic (exact) mass is 236 g/mol. The van der Waals surface area contributed by atoms with Gasteiger partial charge in [0.25, 0.3) is 0 Å². The van der Waals surface area contributed by atoms with Gasteiger partial charge in [0.05, 0.1) is 18.6 Å². The molecule has 0 rings (SSSR count). The highest BCUT2D eigenvalue weighted by molar-refractivity contribution is 7.58. The van der Waals surface area contributed by atoms with Crippen molar-refractivity contribution in [2.75, 3.05) is 19.4 Å². The predicted octanol–water partition coefficient (Wildman–Crippen LogP) is 2.52. The number of esters is 1. The van der Waals surface area contributed by atoms with Crippen LogP contribution in [-0.2, 0) is 18.6 Å². The lowest BCUT2D eigenvalue weighted by molar-refractivity contribution is -0.146. The highest BCUT2D eigenvalue weighted by atomic mass is 31.2. The van der Waals surface area contributed by atoms with Gasteiger partial charge < -0.3 is 9.26 Å². The fourth-order valence-electron chi connectivity index (χ4n) is 1.35. The molecule has 0 radical (unpaired) electrons. The average molecular weight is 236 g/mol. The van der Waals surface area contributed by atoms with Crippen molar-refractivity contribution in [2.45, 2.75) is 33.8 Å². The van der Waals surface area contributed by atoms with Crippen molar-refractivity contribution >= 4 is 13.3 Å². The van der Waals surface area contributed by atoms with Crippen molar-refractivity contribution in [1.29, 1.82) is 0 Å². The maximum atomic E-state index is 11.9. The lowest BCUT2D eigenvalue weighted by Crippen LogP contribution is -2.19. The largest absolute Gasteiger partial charge is 0.466 e. The van der Waals surface area contributed by atoms with E-state index in [1.165, 1.54) is 0 Å². The summed E-state index contributed by atoms with van der Waals surface area (Å²) in [5.74, 6) is -0.688. The van der Waals surface area contributed by atoms with Gasteiger partial charge in [-0.25, -0.2) is 0 Å². The maximum absolute atomic E-state index is 11.9. The minimum Gasteiger partial charge on any atom is -0.466 e. The van der Waals surface area contributed by atoms with Crippen LogP contribution in [-0.4, -0.2) is 31.5 Å². The van der Waals surface area contributed by atoms with Crippen LogP contribution in [0.3, 0.4) is 0 Å². The van der Waals surface area contributed by atoms with E-state index in [1.54, 1.807) is 20.5 Å². The molecule has 0 saturated carbocycles. The summed E-state index contributed by atoms with van der Waals surface area (Å²) in [6.45, 7) is 9.01. The lowest BCUT2D eigenvalue weighted by Gasteiger charge is -2.19. The fourth-order valence-corrected chi connectivity index (χ4v) is 3.47. The molecule has 0 heterocycles. The minimum absolute atomic E-state index is 0.0878. The summed E-state index contributed by atoms with van der Waals surface area (Å²) in [6.07, 6.45) is 0.152. The Morgan fingerprint density at radius 2 is 1.87 bits per heavy atom. The van der Waals surface area contributed by atoms with Gasteiger partial charge in [-0.3, -0.25) is 9.36 Å². The van der Waals surface area contributed by atoms with Crippen molar-refractivity contribution in [1.82, 2.24) is 0 Å². The van der Waals surface area contributed by atoms with E-state index in [-0.39, 0.29) is 24.2 Å². The molecule has 0 saturated heterocycles. The van der Waals surface area contributed by atoms with Crippen molar-refractivity contribution in [3.63, 3.8) is 0 Å². The Morgan fingerprint density at radius 1 is 1.33 bits per heavy atom. The summed E-state index contributed by atoms with van der Waals surface area (Å²) in [5.41, 5.74) is 0. The molecule has 0 N–H and O–H groups in total. The molecule has 5 heteroatoms. The summed E-state index contributed by atoms with van der Waals surface area (Å²) in [6, 6.07) is 0. The third kappa shape index (κ3) is 6.69. The predicted molar refractivity (Wildman–Crippen MR) is 60.4 cm³/mol. The normalized spacial score (nSPS) is 17.2. The molecule has 4 nitrogen and oxygen atoms in total. The van der Waals surface area contributed by atoms with Crippen LogP contribution < -0.4 is 0 Å². The van der Waals surface area contributed by atoms with E-state index < -0.39 is 7.37 Å². The van der Waals surface area contributed by atoms with Crippen LogP contribution in [0.4, 0.5) is 0 Å². The molecule has 15 heavy (non-hydrogen) atoms. The van der Waals surface area contributed by atoms with Crippen molar-refractivity contribution in [2.24, 2.45) is 5.92 Å². The summed E-state index contributed by atoms with van der Waals surface area (Å²) < 4.78 is 22.0. The Bertz CT molecular complexity index is 250. The van der Waals surface area contributed by atoms with Crippen LogP contribution in [0.25, 0.3) is 0 Å². The number of carbonyl (C=O) groups excluding carboxylic acids is 1. The van der Waals surface area contributed by atoms with Crippen LogP contribution in [0.5, 0.6) is 0 Å². The van der Waals surface area contributed by atoms with Gasteiger partial charge in [-0.15, -0.1) is 0 Å². The van der Waals surface area contributed by atoms with Gasteiger partial charge >= 0.3 is 5.97 Å². The van der Waals surface area contributed by atoms with Crippen LogP contribution in [0.2, 0.25) is 0 Å². The van der Waals surface area contributed by atoms with Crippen LogP contribution in [0.1, 0.15) is 27.7 Å². The van der Waals surface area contributed by atoms with E-state index in [2.05, 4.69) is 0 Å². The average Bonchev–Trinajstić information content (AvgIpc) is 2.00. The summed E-state index contributed by atoms with van der Waals surface area (Å²) in [7, 11) is -2.68. The topological polar surface area (TPSA) is 52.6 Å². The molecule has 2 atom stereocenters. The highest BCUT2D eigenvalue weighted by Gasteiger charge is 2.26. The molecule has 1 unspecified atom stereocenters. The minimum atomic E-state index is -2.68. The number of hydrogen-bond donors (Lipinski definition) is 0. The van der Waals surface area contributed by atoms with Crippen LogP contribution >= 0.6 is 7.37 Å². The molecular formula is C10H21O4P. The first kappa shape index (κ1) is 14.7. The Balaban J connectivity index is 4.20. The molecule has 0 bridgehead atoms. The quantitative estimate of drug-likeness (QED) is 0.525. The molecule has 0 aliphatic carbocycles. The van der Waals surface area contributed by atoms with Gasteiger partial charge in [0.1, 0.15) is 0 Å². The maximum Gasteiger partial charge on any atom is 0.309 e. The first-order chi connectivity index (χ1) is 6.78. The van der Waals surface area contributed by atoms with E-state index in [1.807, 2.05) is 13.8 Å². The first-order valence-electron chi connectivity index (χ1n) is 5.20. The molecule has 0 aliphatic heterocycles. The lowest BCUT2D eigenvalue weighted by atomic mass is 10.2. The van der Waals surface area contributed by atoms with E-state index in [9.17, 15) is 9.36 Å². The van der Waals surface area contributed by atoms with Gasteiger partial charge in [-0.05, 0) is 20.8 Å². The smallest absolute Gasteiger partial charge is 0.309 e. The SMILES string of the molecule is CCOC(=O)[C@H](C)CP(C)(=O)OC(C)C. The zero-order valence-electron chi connectivity index (χ0n) is 10.1. The molecular weight excluding hydrogens is 215 g/mol. The van der Waals surface area contributed by atoms with Gasteiger partial charge in [0, 0.05) is 12.8 Å². The zero-order valence-corrected chi connectivity index (χ0v) is 11.0. The van der Waals surface area contributed by atoms with Crippen molar-refractivity contribution < 1.29 is 18.6 Å². The summed E-state index contributed by atoms with van der Waals surface area (Å²) in [5, 5.41) is 0. The number of hydrogen-bond acceptors (Lipinski definition) is 4. The molecule has 0 aromatic heterocycles. The third-order valence-electron chi connectivity index (χ3n) is 1.73. The van der Waals surface area contributed by atoms with E-state index >= 15 is 0 Å². The van der Waals surface area contributed by atoms with E-state index in [0.29, 0.717) is 6.61 Å². The molecule has 0 aliphatic rings. The van der Waals surface area contributed by atoms with E-state index in [0.717, 1.165) is 0 Å². The number of rotatable bonds is 6. The second-order valence-corrected chi connectivity index (χ2v) is 6.61. The summed E-state index contributed by atoms with van der Waals surface area (Å²) in [4.78, 5) is 11.3. The Kier molecular flexibility index (Phi) is 6.15. The third-order valence-corrected chi connectivity index (χ3v) is 3.81. The first-order valence-corrected chi connectivity index (χ1v) is 7.45. The molecule has 0 spiro atoms. The number of ether oxygens (including phenoxy) is 1. The summed E-state index contributed by atoms with van der Waals surface area (Å²) >= 11 is 0. The van der Waals surface area contributed by atoms with Gasteiger partial charge in [-0.2, -0.15) is 0 Å². The van der Waals surface area contributed by atoms with Crippen molar-refractivity contribution in [3.8, 4) is 0 Å². The molecule has 90 valence electrons. The molecule has 0 fully saturated rings. The number of carbonyl (C=O) groups is 1. The fraction of sp³-hybridized carbons (Fsp3) is 0.900. The highest BCUT2D eigenvalue weighted by Crippen LogP contribution is 2.45. The second-order valence-electron chi connectivity index (χ2n) is 4.00. The van der Waals surface area contributed by atoms with Gasteiger partial charge in [0.15, 0.2) is 0 Å². The van der Waals surface area contributed by atoms with Crippen LogP contribution in [0, 0.1) is 5.92 Å². The van der Waals surface area contributed by atoms with E-state index in [4.69, 9.17) is 9.26 Å². The second kappa shape index (κ2) is 6.29.